The van der Waals surface area contributed by atoms with Crippen molar-refractivity contribution in [3.8, 4) is 0 Å². The van der Waals surface area contributed by atoms with E-state index in [1.165, 1.54) is 38.9 Å². The van der Waals surface area contributed by atoms with Gasteiger partial charge in [0.15, 0.2) is 0 Å². The van der Waals surface area contributed by atoms with E-state index in [1.54, 1.807) is 0 Å². The third-order valence-electron chi connectivity index (χ3n) is 4.45. The van der Waals surface area contributed by atoms with Gasteiger partial charge in [0.1, 0.15) is 0 Å². The Morgan fingerprint density at radius 1 is 1.20 bits per heavy atom. The molecule has 0 saturated carbocycles. The lowest BCUT2D eigenvalue weighted by molar-refractivity contribution is 0.286. The number of nitrogens with one attached hydrogen (secondary N) is 1. The Morgan fingerprint density at radius 2 is 2.00 bits per heavy atom. The zero-order chi connectivity index (χ0) is 10.8. The van der Waals surface area contributed by atoms with Crippen LogP contribution in [0.25, 0.3) is 0 Å². The second-order valence-corrected chi connectivity index (χ2v) is 5.77. The maximum absolute atomic E-state index is 3.79. The zero-order valence-electron chi connectivity index (χ0n) is 10.5. The summed E-state index contributed by atoms with van der Waals surface area (Å²) in [6.07, 6.45) is 4.21. The van der Waals surface area contributed by atoms with Gasteiger partial charge in [-0.3, -0.25) is 4.90 Å². The van der Waals surface area contributed by atoms with Gasteiger partial charge in [-0.05, 0) is 44.2 Å². The highest BCUT2D eigenvalue weighted by molar-refractivity contribution is 4.95. The minimum absolute atomic E-state index is 0.786. The van der Waals surface area contributed by atoms with Gasteiger partial charge in [0.2, 0.25) is 0 Å². The minimum Gasteiger partial charge on any atom is -0.312 e. The van der Waals surface area contributed by atoms with E-state index in [-0.39, 0.29) is 0 Å². The Kier molecular flexibility index (Phi) is 3.68. The SMILES string of the molecule is CC(C)C(C)CNC1CCN2CCCC12. The van der Waals surface area contributed by atoms with Gasteiger partial charge >= 0.3 is 0 Å². The van der Waals surface area contributed by atoms with E-state index in [1.807, 2.05) is 0 Å². The molecule has 15 heavy (non-hydrogen) atoms. The average Bonchev–Trinajstić information content (AvgIpc) is 2.76. The van der Waals surface area contributed by atoms with Crippen LogP contribution in [-0.2, 0) is 0 Å². The normalized spacial score (nSPS) is 33.6. The summed E-state index contributed by atoms with van der Waals surface area (Å²) in [6.45, 7) is 10.9. The fourth-order valence-electron chi connectivity index (χ4n) is 2.89. The van der Waals surface area contributed by atoms with Crippen LogP contribution < -0.4 is 5.32 Å². The standard InChI is InChI=1S/C13H26N2/c1-10(2)11(3)9-14-12-6-8-15-7-4-5-13(12)15/h10-14H,4-9H2,1-3H3. The highest BCUT2D eigenvalue weighted by atomic mass is 15.2. The number of hydrogen-bond donors (Lipinski definition) is 1. The minimum atomic E-state index is 0.786. The molecule has 0 aromatic rings. The summed E-state index contributed by atoms with van der Waals surface area (Å²) in [4.78, 5) is 2.68. The molecule has 2 nitrogen and oxygen atoms in total. The molecule has 0 amide bonds. The Balaban J connectivity index is 1.75. The molecule has 1 N–H and O–H groups in total. The first kappa shape index (κ1) is 11.4. The van der Waals surface area contributed by atoms with Crippen LogP contribution in [0.4, 0.5) is 0 Å². The molecule has 0 aromatic carbocycles. The van der Waals surface area contributed by atoms with Crippen molar-refractivity contribution < 1.29 is 0 Å². The van der Waals surface area contributed by atoms with Crippen LogP contribution in [0.3, 0.4) is 0 Å². The van der Waals surface area contributed by atoms with Crippen LogP contribution in [0.2, 0.25) is 0 Å². The van der Waals surface area contributed by atoms with Crippen molar-refractivity contribution in [3.63, 3.8) is 0 Å². The van der Waals surface area contributed by atoms with Gasteiger partial charge in [-0.1, -0.05) is 20.8 Å². The summed E-state index contributed by atoms with van der Waals surface area (Å²) in [6, 6.07) is 1.65. The molecule has 2 aliphatic heterocycles. The molecule has 2 rings (SSSR count). The van der Waals surface area contributed by atoms with Crippen LogP contribution >= 0.6 is 0 Å². The first-order valence-electron chi connectivity index (χ1n) is 6.66. The van der Waals surface area contributed by atoms with E-state index in [9.17, 15) is 0 Å². The van der Waals surface area contributed by atoms with Crippen LogP contribution in [0, 0.1) is 11.8 Å². The predicted octanol–water partition coefficient (Wildman–Crippen LogP) is 2.10. The molecule has 2 aliphatic rings. The lowest BCUT2D eigenvalue weighted by atomic mass is 9.97. The fourth-order valence-corrected chi connectivity index (χ4v) is 2.89. The monoisotopic (exact) mass is 210 g/mol. The number of rotatable bonds is 4. The molecule has 0 bridgehead atoms. The molecule has 2 heterocycles. The molecule has 2 fully saturated rings. The van der Waals surface area contributed by atoms with E-state index in [0.717, 1.165) is 23.9 Å². The Bertz CT molecular complexity index is 203. The van der Waals surface area contributed by atoms with Crippen molar-refractivity contribution in [1.82, 2.24) is 10.2 Å². The predicted molar refractivity (Wildman–Crippen MR) is 65.0 cm³/mol. The molecule has 0 spiro atoms. The summed E-state index contributed by atoms with van der Waals surface area (Å²) >= 11 is 0. The summed E-state index contributed by atoms with van der Waals surface area (Å²) in [5.74, 6) is 1.61. The molecule has 88 valence electrons. The highest BCUT2D eigenvalue weighted by Crippen LogP contribution is 2.28. The molecule has 2 heteroatoms. The van der Waals surface area contributed by atoms with Crippen LogP contribution in [0.5, 0.6) is 0 Å². The molecule has 0 radical (unpaired) electrons. The molecular weight excluding hydrogens is 184 g/mol. The topological polar surface area (TPSA) is 15.3 Å². The second-order valence-electron chi connectivity index (χ2n) is 5.77. The van der Waals surface area contributed by atoms with Crippen LogP contribution in [0.1, 0.15) is 40.0 Å². The highest BCUT2D eigenvalue weighted by Gasteiger charge is 2.36. The van der Waals surface area contributed by atoms with Crippen molar-refractivity contribution in [2.75, 3.05) is 19.6 Å². The Labute approximate surface area is 94.4 Å². The first-order chi connectivity index (χ1) is 7.18. The fraction of sp³-hybridized carbons (Fsp3) is 1.00. The van der Waals surface area contributed by atoms with E-state index < -0.39 is 0 Å². The van der Waals surface area contributed by atoms with Crippen molar-refractivity contribution in [2.24, 2.45) is 11.8 Å². The average molecular weight is 210 g/mol. The molecule has 3 atom stereocenters. The van der Waals surface area contributed by atoms with Gasteiger partial charge in [-0.15, -0.1) is 0 Å². The molecule has 0 aromatic heterocycles. The third kappa shape index (κ3) is 2.54. The van der Waals surface area contributed by atoms with Crippen LogP contribution in [-0.4, -0.2) is 36.6 Å². The Hall–Kier alpha value is -0.0800. The maximum Gasteiger partial charge on any atom is 0.0250 e. The van der Waals surface area contributed by atoms with Gasteiger partial charge in [0, 0.05) is 18.6 Å². The van der Waals surface area contributed by atoms with Gasteiger partial charge in [0.25, 0.3) is 0 Å². The quantitative estimate of drug-likeness (QED) is 0.764. The van der Waals surface area contributed by atoms with Crippen molar-refractivity contribution in [2.45, 2.75) is 52.1 Å². The summed E-state index contributed by atoms with van der Waals surface area (Å²) < 4.78 is 0. The lowest BCUT2D eigenvalue weighted by Crippen LogP contribution is -2.41. The number of fused-ring (bicyclic) bond motifs is 1. The lowest BCUT2D eigenvalue weighted by Gasteiger charge is -2.24. The summed E-state index contributed by atoms with van der Waals surface area (Å²) in [7, 11) is 0. The van der Waals surface area contributed by atoms with Gasteiger partial charge in [-0.2, -0.15) is 0 Å². The number of nitrogens with zero attached hydrogens (tertiary/aromatic N) is 1. The maximum atomic E-state index is 3.79. The third-order valence-corrected chi connectivity index (χ3v) is 4.45. The molecule has 2 saturated heterocycles. The van der Waals surface area contributed by atoms with E-state index in [4.69, 9.17) is 0 Å². The first-order valence-corrected chi connectivity index (χ1v) is 6.66. The molecular formula is C13H26N2. The number of hydrogen-bond acceptors (Lipinski definition) is 2. The van der Waals surface area contributed by atoms with Crippen molar-refractivity contribution >= 4 is 0 Å². The Morgan fingerprint density at radius 3 is 2.73 bits per heavy atom. The van der Waals surface area contributed by atoms with Crippen molar-refractivity contribution in [1.29, 1.82) is 0 Å². The summed E-state index contributed by atoms with van der Waals surface area (Å²) in [5, 5.41) is 3.79. The second kappa shape index (κ2) is 4.84. The van der Waals surface area contributed by atoms with E-state index in [0.29, 0.717) is 0 Å². The smallest absolute Gasteiger partial charge is 0.0250 e. The van der Waals surface area contributed by atoms with E-state index >= 15 is 0 Å². The largest absolute Gasteiger partial charge is 0.312 e. The zero-order valence-corrected chi connectivity index (χ0v) is 10.5. The van der Waals surface area contributed by atoms with Crippen molar-refractivity contribution in [3.05, 3.63) is 0 Å². The van der Waals surface area contributed by atoms with Gasteiger partial charge < -0.3 is 5.32 Å². The van der Waals surface area contributed by atoms with Crippen LogP contribution in [0.15, 0.2) is 0 Å². The van der Waals surface area contributed by atoms with Gasteiger partial charge in [0.05, 0.1) is 0 Å². The van der Waals surface area contributed by atoms with Gasteiger partial charge in [-0.25, -0.2) is 0 Å². The molecule has 3 unspecified atom stereocenters. The molecule has 0 aliphatic carbocycles. The van der Waals surface area contributed by atoms with E-state index in [2.05, 4.69) is 31.0 Å². The summed E-state index contributed by atoms with van der Waals surface area (Å²) in [5.41, 5.74) is 0.